The fraction of sp³-hybridized carbons (Fsp3) is 0.417. The molecule has 3 N–H and O–H groups in total. The van der Waals surface area contributed by atoms with Gasteiger partial charge in [0, 0.05) is 12.0 Å². The molecular weight excluding hydrogens is 188 g/mol. The molecule has 0 aliphatic heterocycles. The fourth-order valence-corrected chi connectivity index (χ4v) is 2.85. The first-order valence-electron chi connectivity index (χ1n) is 5.37. The Balaban J connectivity index is 1.71. The van der Waals surface area contributed by atoms with Crippen LogP contribution in [0.5, 0.6) is 0 Å². The normalized spacial score (nSPS) is 30.8. The van der Waals surface area contributed by atoms with E-state index in [1.807, 2.05) is 0 Å². The summed E-state index contributed by atoms with van der Waals surface area (Å²) in [6.07, 6.45) is 1.15. The molecule has 1 amide bonds. The third kappa shape index (κ3) is 1.35. The smallest absolute Gasteiger partial charge is 0.231 e. The molecule has 1 fully saturated rings. The second-order valence-electron chi connectivity index (χ2n) is 4.47. The van der Waals surface area contributed by atoms with Crippen molar-refractivity contribution >= 4 is 5.91 Å². The minimum Gasteiger partial charge on any atom is -0.369 e. The van der Waals surface area contributed by atoms with Crippen molar-refractivity contribution in [1.82, 2.24) is 5.32 Å². The standard InChI is InChI=1S/C12H14N2O/c13-10(15)6-14-12-9-5-7-3-1-2-4-8(7)11(9)12/h1-4,9,11-12,14H,5-6H2,(H2,13,15). The van der Waals surface area contributed by atoms with E-state index in [9.17, 15) is 4.79 Å². The SMILES string of the molecule is NC(=O)CNC1C2Cc3ccccc3C21. The molecule has 3 atom stereocenters. The topological polar surface area (TPSA) is 55.1 Å². The molecular formula is C12H14N2O. The number of carbonyl (C=O) groups is 1. The summed E-state index contributed by atoms with van der Waals surface area (Å²) < 4.78 is 0. The zero-order valence-electron chi connectivity index (χ0n) is 8.44. The predicted molar refractivity (Wildman–Crippen MR) is 57.4 cm³/mol. The summed E-state index contributed by atoms with van der Waals surface area (Å²) in [7, 11) is 0. The number of benzene rings is 1. The van der Waals surface area contributed by atoms with Crippen molar-refractivity contribution in [1.29, 1.82) is 0 Å². The highest BCUT2D eigenvalue weighted by atomic mass is 16.1. The third-order valence-corrected chi connectivity index (χ3v) is 3.55. The van der Waals surface area contributed by atoms with Crippen LogP contribution in [0.3, 0.4) is 0 Å². The van der Waals surface area contributed by atoms with E-state index in [0.29, 0.717) is 24.4 Å². The van der Waals surface area contributed by atoms with Gasteiger partial charge in [-0.15, -0.1) is 0 Å². The van der Waals surface area contributed by atoms with Crippen LogP contribution in [0.25, 0.3) is 0 Å². The van der Waals surface area contributed by atoms with Crippen LogP contribution < -0.4 is 11.1 Å². The highest BCUT2D eigenvalue weighted by Gasteiger charge is 2.55. The zero-order chi connectivity index (χ0) is 10.4. The number of hydrogen-bond acceptors (Lipinski definition) is 2. The highest BCUT2D eigenvalue weighted by Crippen LogP contribution is 2.56. The molecule has 0 spiro atoms. The predicted octanol–water partition coefficient (Wildman–Crippen LogP) is 0.400. The maximum atomic E-state index is 10.7. The number of hydrogen-bond donors (Lipinski definition) is 2. The lowest BCUT2D eigenvalue weighted by molar-refractivity contribution is -0.117. The molecule has 0 saturated heterocycles. The quantitative estimate of drug-likeness (QED) is 0.745. The maximum Gasteiger partial charge on any atom is 0.231 e. The van der Waals surface area contributed by atoms with Crippen molar-refractivity contribution in [2.24, 2.45) is 11.7 Å². The van der Waals surface area contributed by atoms with Crippen LogP contribution in [-0.4, -0.2) is 18.5 Å². The molecule has 2 aliphatic rings. The van der Waals surface area contributed by atoms with Crippen molar-refractivity contribution < 1.29 is 4.79 Å². The lowest BCUT2D eigenvalue weighted by atomic mass is 10.1. The van der Waals surface area contributed by atoms with Crippen molar-refractivity contribution in [3.05, 3.63) is 35.4 Å². The molecule has 15 heavy (non-hydrogen) atoms. The summed E-state index contributed by atoms with van der Waals surface area (Å²) in [5.74, 6) is 1.05. The van der Waals surface area contributed by atoms with E-state index in [-0.39, 0.29) is 5.91 Å². The van der Waals surface area contributed by atoms with Crippen LogP contribution in [0.1, 0.15) is 17.0 Å². The van der Waals surface area contributed by atoms with Crippen LogP contribution in [0, 0.1) is 5.92 Å². The average Bonchev–Trinajstić information content (AvgIpc) is 2.76. The zero-order valence-corrected chi connectivity index (χ0v) is 8.44. The maximum absolute atomic E-state index is 10.7. The number of amides is 1. The van der Waals surface area contributed by atoms with E-state index < -0.39 is 0 Å². The number of rotatable bonds is 3. The molecule has 0 bridgehead atoms. The molecule has 0 heterocycles. The van der Waals surface area contributed by atoms with Crippen LogP contribution in [0.15, 0.2) is 24.3 Å². The van der Waals surface area contributed by atoms with Gasteiger partial charge in [-0.2, -0.15) is 0 Å². The van der Waals surface area contributed by atoms with Crippen molar-refractivity contribution in [3.8, 4) is 0 Å². The van der Waals surface area contributed by atoms with Crippen LogP contribution in [-0.2, 0) is 11.2 Å². The lowest BCUT2D eigenvalue weighted by Crippen LogP contribution is -2.32. The first-order valence-corrected chi connectivity index (χ1v) is 5.37. The van der Waals surface area contributed by atoms with E-state index in [1.54, 1.807) is 0 Å². The Morgan fingerprint density at radius 1 is 1.47 bits per heavy atom. The summed E-state index contributed by atoms with van der Waals surface area (Å²) in [4.78, 5) is 10.7. The Bertz CT molecular complexity index is 416. The average molecular weight is 202 g/mol. The summed E-state index contributed by atoms with van der Waals surface area (Å²) >= 11 is 0. The lowest BCUT2D eigenvalue weighted by Gasteiger charge is -2.07. The number of fused-ring (bicyclic) bond motifs is 3. The fourth-order valence-electron chi connectivity index (χ4n) is 2.85. The number of nitrogens with one attached hydrogen (secondary N) is 1. The number of nitrogens with two attached hydrogens (primary N) is 1. The Morgan fingerprint density at radius 2 is 2.27 bits per heavy atom. The molecule has 3 heteroatoms. The summed E-state index contributed by atoms with van der Waals surface area (Å²) in [5, 5.41) is 3.22. The molecule has 3 rings (SSSR count). The van der Waals surface area contributed by atoms with Gasteiger partial charge in [0.2, 0.25) is 5.91 Å². The van der Waals surface area contributed by atoms with Gasteiger partial charge < -0.3 is 11.1 Å². The van der Waals surface area contributed by atoms with Gasteiger partial charge in [0.1, 0.15) is 0 Å². The van der Waals surface area contributed by atoms with E-state index in [4.69, 9.17) is 5.73 Å². The van der Waals surface area contributed by atoms with Gasteiger partial charge in [-0.05, 0) is 23.5 Å². The van der Waals surface area contributed by atoms with Gasteiger partial charge in [0.15, 0.2) is 0 Å². The third-order valence-electron chi connectivity index (χ3n) is 3.55. The first-order chi connectivity index (χ1) is 7.27. The van der Waals surface area contributed by atoms with E-state index in [1.165, 1.54) is 11.1 Å². The number of carbonyl (C=O) groups excluding carboxylic acids is 1. The van der Waals surface area contributed by atoms with Crippen LogP contribution in [0.2, 0.25) is 0 Å². The van der Waals surface area contributed by atoms with Gasteiger partial charge in [0.25, 0.3) is 0 Å². The van der Waals surface area contributed by atoms with Crippen molar-refractivity contribution in [2.45, 2.75) is 18.4 Å². The summed E-state index contributed by atoms with van der Waals surface area (Å²) in [6.45, 7) is 0.305. The van der Waals surface area contributed by atoms with Gasteiger partial charge in [-0.25, -0.2) is 0 Å². The Labute approximate surface area is 88.7 Å². The van der Waals surface area contributed by atoms with Gasteiger partial charge >= 0.3 is 0 Å². The van der Waals surface area contributed by atoms with Gasteiger partial charge in [-0.3, -0.25) is 4.79 Å². The summed E-state index contributed by atoms with van der Waals surface area (Å²) in [6, 6.07) is 9.06. The number of primary amides is 1. The van der Waals surface area contributed by atoms with Crippen molar-refractivity contribution in [3.63, 3.8) is 0 Å². The molecule has 0 radical (unpaired) electrons. The van der Waals surface area contributed by atoms with E-state index in [2.05, 4.69) is 29.6 Å². The van der Waals surface area contributed by atoms with Gasteiger partial charge in [-0.1, -0.05) is 24.3 Å². The molecule has 78 valence electrons. The summed E-state index contributed by atoms with van der Waals surface area (Å²) in [5.41, 5.74) is 8.05. The van der Waals surface area contributed by atoms with Crippen LogP contribution in [0.4, 0.5) is 0 Å². The van der Waals surface area contributed by atoms with Gasteiger partial charge in [0.05, 0.1) is 6.54 Å². The van der Waals surface area contributed by atoms with E-state index in [0.717, 1.165) is 6.42 Å². The van der Waals surface area contributed by atoms with Crippen LogP contribution >= 0.6 is 0 Å². The minimum atomic E-state index is -0.270. The van der Waals surface area contributed by atoms with Crippen molar-refractivity contribution in [2.75, 3.05) is 6.54 Å². The second kappa shape index (κ2) is 3.07. The Kier molecular flexibility index (Phi) is 1.83. The molecule has 3 unspecified atom stereocenters. The largest absolute Gasteiger partial charge is 0.369 e. The highest BCUT2D eigenvalue weighted by molar-refractivity contribution is 5.76. The molecule has 1 saturated carbocycles. The molecule has 1 aromatic rings. The minimum absolute atomic E-state index is 0.270. The molecule has 1 aromatic carbocycles. The molecule has 0 aromatic heterocycles. The Hall–Kier alpha value is -1.35. The monoisotopic (exact) mass is 202 g/mol. The molecule has 2 aliphatic carbocycles. The second-order valence-corrected chi connectivity index (χ2v) is 4.47. The molecule has 3 nitrogen and oxygen atoms in total. The first kappa shape index (κ1) is 8.92. The Morgan fingerprint density at radius 3 is 3.07 bits per heavy atom. The van der Waals surface area contributed by atoms with E-state index >= 15 is 0 Å².